The van der Waals surface area contributed by atoms with E-state index in [4.69, 9.17) is 4.74 Å². The second-order valence-electron chi connectivity index (χ2n) is 10.1. The highest BCUT2D eigenvalue weighted by molar-refractivity contribution is 5.75. The van der Waals surface area contributed by atoms with Crippen molar-refractivity contribution in [3.05, 3.63) is 87.7 Å². The van der Waals surface area contributed by atoms with E-state index in [-0.39, 0.29) is 40.0 Å². The summed E-state index contributed by atoms with van der Waals surface area (Å²) < 4.78 is 140. The van der Waals surface area contributed by atoms with Crippen molar-refractivity contribution in [1.29, 1.82) is 0 Å². The van der Waals surface area contributed by atoms with Crippen molar-refractivity contribution >= 4 is 0 Å². The number of hydrogen-bond acceptors (Lipinski definition) is 3. The van der Waals surface area contributed by atoms with Gasteiger partial charge in [-0.25, -0.2) is 4.39 Å². The van der Waals surface area contributed by atoms with Gasteiger partial charge in [-0.15, -0.1) is 0 Å². The lowest BCUT2D eigenvalue weighted by molar-refractivity contribution is -0.143. The molecule has 3 aromatic rings. The quantitative estimate of drug-likeness (QED) is 0.250. The van der Waals surface area contributed by atoms with Crippen LogP contribution in [0.1, 0.15) is 66.2 Å². The van der Waals surface area contributed by atoms with E-state index in [1.54, 1.807) is 13.8 Å². The highest BCUT2D eigenvalue weighted by atomic mass is 19.4. The van der Waals surface area contributed by atoms with Crippen LogP contribution in [0, 0.1) is 5.82 Å². The number of methoxy groups -OCH3 is 1. The maximum Gasteiger partial charge on any atom is 0.416 e. The van der Waals surface area contributed by atoms with Gasteiger partial charge in [-0.1, -0.05) is 19.9 Å². The van der Waals surface area contributed by atoms with Crippen molar-refractivity contribution in [2.75, 3.05) is 7.11 Å². The van der Waals surface area contributed by atoms with Gasteiger partial charge in [0, 0.05) is 24.2 Å². The van der Waals surface area contributed by atoms with Crippen LogP contribution < -0.4 is 10.1 Å². The topological polar surface area (TPSA) is 41.5 Å². The summed E-state index contributed by atoms with van der Waals surface area (Å²) in [6, 6.07) is 4.77. The number of nitrogens with one attached hydrogen (secondary N) is 1. The molecular weight excluding hydrogens is 584 g/mol. The second-order valence-corrected chi connectivity index (χ2v) is 10.1. The Labute approximate surface area is 235 Å². The van der Waals surface area contributed by atoms with E-state index in [0.717, 1.165) is 24.3 Å². The number of hydrogen-bond donors (Lipinski definition) is 2. The molecule has 0 spiro atoms. The Hall–Kier alpha value is -3.32. The minimum Gasteiger partial charge on any atom is -0.496 e. The molecule has 2 atom stereocenters. The molecule has 3 nitrogen and oxygen atoms in total. The largest absolute Gasteiger partial charge is 0.496 e. The van der Waals surface area contributed by atoms with E-state index in [1.807, 2.05) is 0 Å². The summed E-state index contributed by atoms with van der Waals surface area (Å²) >= 11 is 0. The highest BCUT2D eigenvalue weighted by Crippen LogP contribution is 2.40. The summed E-state index contributed by atoms with van der Waals surface area (Å²) in [6.07, 6.45) is -16.9. The fraction of sp³-hybridized carbons (Fsp3) is 0.379. The summed E-state index contributed by atoms with van der Waals surface area (Å²) in [5.41, 5.74) is -4.24. The number of alkyl halides is 9. The van der Waals surface area contributed by atoms with Crippen LogP contribution in [0.2, 0.25) is 0 Å². The molecule has 0 aliphatic heterocycles. The summed E-state index contributed by atoms with van der Waals surface area (Å²) in [6.45, 7) is 4.27. The first-order chi connectivity index (χ1) is 19.2. The Balaban J connectivity index is 2.04. The highest BCUT2D eigenvalue weighted by Gasteiger charge is 2.38. The van der Waals surface area contributed by atoms with E-state index in [0.29, 0.717) is 12.1 Å². The van der Waals surface area contributed by atoms with Crippen LogP contribution in [0.5, 0.6) is 5.75 Å². The molecule has 42 heavy (non-hydrogen) atoms. The molecule has 2 N–H and O–H groups in total. The van der Waals surface area contributed by atoms with Crippen LogP contribution in [0.25, 0.3) is 11.1 Å². The summed E-state index contributed by atoms with van der Waals surface area (Å²) in [5, 5.41) is 13.4. The maximum atomic E-state index is 14.6. The predicted octanol–water partition coefficient (Wildman–Crippen LogP) is 8.89. The number of benzene rings is 3. The number of halogens is 10. The molecule has 0 unspecified atom stereocenters. The third-order valence-electron chi connectivity index (χ3n) is 6.70. The molecule has 3 rings (SSSR count). The molecule has 0 aliphatic carbocycles. The van der Waals surface area contributed by atoms with Crippen molar-refractivity contribution in [1.82, 2.24) is 5.32 Å². The van der Waals surface area contributed by atoms with Gasteiger partial charge in [-0.3, -0.25) is 0 Å². The van der Waals surface area contributed by atoms with E-state index >= 15 is 0 Å². The lowest BCUT2D eigenvalue weighted by atomic mass is 9.92. The predicted molar refractivity (Wildman–Crippen MR) is 135 cm³/mol. The third-order valence-corrected chi connectivity index (χ3v) is 6.70. The molecule has 0 bridgehead atoms. The van der Waals surface area contributed by atoms with E-state index in [2.05, 4.69) is 5.32 Å². The summed E-state index contributed by atoms with van der Waals surface area (Å²) in [7, 11) is 1.25. The lowest BCUT2D eigenvalue weighted by Gasteiger charge is -2.24. The Morgan fingerprint density at radius 2 is 1.29 bits per heavy atom. The zero-order valence-corrected chi connectivity index (χ0v) is 22.7. The first kappa shape index (κ1) is 33.2. The molecule has 0 saturated carbocycles. The molecule has 0 heterocycles. The van der Waals surface area contributed by atoms with Crippen molar-refractivity contribution in [3.63, 3.8) is 0 Å². The number of aliphatic hydroxyl groups excluding tert-OH is 1. The molecule has 0 aliphatic rings. The summed E-state index contributed by atoms with van der Waals surface area (Å²) in [4.78, 5) is 0. The maximum absolute atomic E-state index is 14.6. The molecule has 3 aromatic carbocycles. The van der Waals surface area contributed by atoms with Gasteiger partial charge in [0.05, 0.1) is 29.9 Å². The molecular formula is C29H27F10NO2. The minimum absolute atomic E-state index is 0.00325. The smallest absolute Gasteiger partial charge is 0.416 e. The van der Waals surface area contributed by atoms with Gasteiger partial charge >= 0.3 is 18.5 Å². The number of rotatable bonds is 8. The number of ether oxygens (including phenoxy) is 1. The molecule has 0 aromatic heterocycles. The Bertz CT molecular complexity index is 1380. The van der Waals surface area contributed by atoms with Gasteiger partial charge in [0.15, 0.2) is 0 Å². The SMILES string of the molecule is COc1cc(F)c(C(C)C)cc1-c1ccc(C(F)(F)F)cc1CN[C@@H](C)[C@H](O)c1cc(C(F)(F)F)cc(C(F)(F)F)c1. The lowest BCUT2D eigenvalue weighted by Crippen LogP contribution is -2.32. The van der Waals surface area contributed by atoms with E-state index < -0.39 is 65.3 Å². The first-order valence-corrected chi connectivity index (χ1v) is 12.5. The average Bonchev–Trinajstić information content (AvgIpc) is 2.89. The van der Waals surface area contributed by atoms with Crippen LogP contribution in [0.3, 0.4) is 0 Å². The number of aliphatic hydroxyl groups is 1. The van der Waals surface area contributed by atoms with Gasteiger partial charge in [0.2, 0.25) is 0 Å². The molecule has 230 valence electrons. The van der Waals surface area contributed by atoms with Gasteiger partial charge in [0.25, 0.3) is 0 Å². The van der Waals surface area contributed by atoms with Crippen LogP contribution in [-0.4, -0.2) is 18.3 Å². The Morgan fingerprint density at radius 1 is 0.738 bits per heavy atom. The Morgan fingerprint density at radius 3 is 1.76 bits per heavy atom. The van der Waals surface area contributed by atoms with Crippen molar-refractivity contribution in [2.45, 2.75) is 63.9 Å². The zero-order chi connectivity index (χ0) is 31.8. The van der Waals surface area contributed by atoms with Crippen LogP contribution in [-0.2, 0) is 25.1 Å². The van der Waals surface area contributed by atoms with E-state index in [9.17, 15) is 49.0 Å². The van der Waals surface area contributed by atoms with Crippen molar-refractivity contribution in [2.24, 2.45) is 0 Å². The van der Waals surface area contributed by atoms with Crippen molar-refractivity contribution in [3.8, 4) is 16.9 Å². The van der Waals surface area contributed by atoms with Gasteiger partial charge in [0.1, 0.15) is 11.6 Å². The van der Waals surface area contributed by atoms with Gasteiger partial charge in [-0.05, 0) is 71.5 Å². The Kier molecular flexibility index (Phi) is 9.57. The normalized spacial score (nSPS) is 14.3. The third kappa shape index (κ3) is 7.54. The van der Waals surface area contributed by atoms with Gasteiger partial charge in [-0.2, -0.15) is 39.5 Å². The monoisotopic (exact) mass is 611 g/mol. The second kappa shape index (κ2) is 12.1. The van der Waals surface area contributed by atoms with E-state index in [1.165, 1.54) is 20.1 Å². The first-order valence-electron chi connectivity index (χ1n) is 12.5. The molecule has 0 saturated heterocycles. The fourth-order valence-electron chi connectivity index (χ4n) is 4.39. The molecule has 0 radical (unpaired) electrons. The molecule has 13 heteroatoms. The van der Waals surface area contributed by atoms with Crippen molar-refractivity contribution < 1.29 is 53.7 Å². The fourth-order valence-corrected chi connectivity index (χ4v) is 4.39. The standard InChI is InChI=1S/C29H27F10NO2/c1-14(2)22-11-23(25(42-4)12-24(22)30)21-6-5-18(27(31,32)33)9-17(21)13-40-15(3)26(41)16-7-19(28(34,35)36)10-20(8-16)29(37,38)39/h5-12,14-15,26,40-41H,13H2,1-4H3/t15-,26-/m0/s1. The average molecular weight is 612 g/mol. The molecule has 0 amide bonds. The summed E-state index contributed by atoms with van der Waals surface area (Å²) in [5.74, 6) is -0.863. The van der Waals surface area contributed by atoms with Crippen LogP contribution in [0.4, 0.5) is 43.9 Å². The molecule has 0 fully saturated rings. The zero-order valence-electron chi connectivity index (χ0n) is 22.7. The minimum atomic E-state index is -5.14. The van der Waals surface area contributed by atoms with Gasteiger partial charge < -0.3 is 15.2 Å². The van der Waals surface area contributed by atoms with Crippen LogP contribution in [0.15, 0.2) is 48.5 Å². The van der Waals surface area contributed by atoms with Crippen LogP contribution >= 0.6 is 0 Å².